The molecule has 338 valence electrons. The summed E-state index contributed by atoms with van der Waals surface area (Å²) >= 11 is 0. The van der Waals surface area contributed by atoms with Gasteiger partial charge in [0.2, 0.25) is 0 Å². The fraction of sp³-hybridized carbons (Fsp3) is 0.349. The molecule has 0 atom stereocenters. The van der Waals surface area contributed by atoms with Crippen LogP contribution >= 0.6 is 0 Å². The largest absolute Gasteiger partial charge is 1.00 e. The van der Waals surface area contributed by atoms with Gasteiger partial charge in [0, 0.05) is 22.5 Å². The van der Waals surface area contributed by atoms with Crippen LogP contribution in [0, 0.1) is 0 Å². The van der Waals surface area contributed by atoms with Crippen LogP contribution in [0.15, 0.2) is 72.8 Å². The predicted octanol–water partition coefficient (Wildman–Crippen LogP) is 7.38. The topological polar surface area (TPSA) is 189 Å². The van der Waals surface area contributed by atoms with Crippen LogP contribution in [0.5, 0.6) is 23.0 Å². The van der Waals surface area contributed by atoms with Gasteiger partial charge >= 0.3 is 43.2 Å². The van der Waals surface area contributed by atoms with Crippen molar-refractivity contribution in [2.45, 2.75) is 92.2 Å². The fourth-order valence-corrected chi connectivity index (χ4v) is 5.20. The number of rotatable bonds is 14. The van der Waals surface area contributed by atoms with Crippen LogP contribution in [-0.4, -0.2) is 65.9 Å². The number of carbonyl (C=O) groups excluding carboxylic acids is 3. The number of esters is 1. The molecule has 0 spiro atoms. The monoisotopic (exact) mass is 888 g/mol. The molecule has 0 bridgehead atoms. The van der Waals surface area contributed by atoms with Gasteiger partial charge in [0.25, 0.3) is 11.8 Å². The van der Waals surface area contributed by atoms with Gasteiger partial charge in [-0.25, -0.2) is 9.59 Å². The molecule has 0 fully saturated rings. The minimum atomic E-state index is -4.78. The van der Waals surface area contributed by atoms with E-state index in [-0.39, 0.29) is 63.8 Å². The van der Waals surface area contributed by atoms with Crippen LogP contribution in [-0.2, 0) is 17.1 Å². The molecule has 0 aromatic heterocycles. The number of carboxylic acid groups (broad SMARTS) is 1. The number of methoxy groups -OCH3 is 1. The molecule has 0 aliphatic heterocycles. The number of hydrogen-bond donors (Lipinski definition) is 3. The Morgan fingerprint density at radius 1 is 0.524 bits per heavy atom. The Hall–Kier alpha value is -5.90. The molecule has 20 heteroatoms. The molecule has 0 unspecified atom stereocenters. The van der Waals surface area contributed by atoms with Crippen LogP contribution in [0.3, 0.4) is 0 Å². The van der Waals surface area contributed by atoms with Crippen LogP contribution in [0.1, 0.15) is 108 Å². The maximum atomic E-state index is 13.7. The molecule has 4 N–H and O–H groups in total. The molecule has 2 amide bonds. The Morgan fingerprint density at radius 2 is 0.841 bits per heavy atom. The zero-order chi connectivity index (χ0) is 46.0. The van der Waals surface area contributed by atoms with Gasteiger partial charge in [0.05, 0.1) is 42.7 Å². The van der Waals surface area contributed by atoms with Crippen LogP contribution in [0.2, 0.25) is 0 Å². The number of carboxylic acids is 1. The van der Waals surface area contributed by atoms with Crippen molar-refractivity contribution in [2.75, 3.05) is 17.7 Å². The van der Waals surface area contributed by atoms with Crippen molar-refractivity contribution in [3.8, 4) is 23.0 Å². The third kappa shape index (κ3) is 16.4. The minimum Gasteiger partial charge on any atom is -0.870 e. The third-order valence-electron chi connectivity index (χ3n) is 7.63. The van der Waals surface area contributed by atoms with E-state index in [0.29, 0.717) is 11.8 Å². The summed E-state index contributed by atoms with van der Waals surface area (Å²) in [6.07, 6.45) is -11.5. The normalized spacial score (nSPS) is 11.1. The summed E-state index contributed by atoms with van der Waals surface area (Å²) < 4.78 is 109. The molecule has 4 rings (SSSR count). The van der Waals surface area contributed by atoms with Gasteiger partial charge in [-0.15, -0.1) is 0 Å². The number of nitrogens with one attached hydrogen (secondary N) is 2. The molecule has 4 aromatic rings. The molecule has 0 aliphatic rings. The van der Waals surface area contributed by atoms with E-state index < -0.39 is 83.1 Å². The zero-order valence-electron chi connectivity index (χ0n) is 36.1. The number of aromatic carboxylic acids is 1. The van der Waals surface area contributed by atoms with Crippen molar-refractivity contribution in [2.24, 2.45) is 0 Å². The molecular formula is C43H47F6LiN2O11. The van der Waals surface area contributed by atoms with E-state index >= 15 is 0 Å². The summed E-state index contributed by atoms with van der Waals surface area (Å²) in [5.41, 5.74) is -1.97. The second-order valence-corrected chi connectivity index (χ2v) is 14.2. The summed E-state index contributed by atoms with van der Waals surface area (Å²) in [6, 6.07) is 14.8. The SMILES string of the molecule is CC(C)Oc1cc(C(=O)Nc2ccc(C(=O)O)cc2)cc(C(F)(F)F)c1OC(C)C.COC(=O)c1ccc(NC(=O)c2cc(OC(C)C)c(OC(C)C)c(C(F)(F)F)c2)cc1.[Li+].[OH-]. The Labute approximate surface area is 371 Å². The molecule has 0 saturated carbocycles. The van der Waals surface area contributed by atoms with Crippen LogP contribution in [0.25, 0.3) is 0 Å². The van der Waals surface area contributed by atoms with E-state index in [1.54, 1.807) is 55.4 Å². The van der Waals surface area contributed by atoms with E-state index in [1.165, 1.54) is 67.8 Å². The first kappa shape index (κ1) is 55.1. The molecule has 4 aromatic carbocycles. The number of alkyl halides is 6. The van der Waals surface area contributed by atoms with Gasteiger partial charge in [-0.2, -0.15) is 26.3 Å². The van der Waals surface area contributed by atoms with Crippen LogP contribution in [0.4, 0.5) is 37.7 Å². The number of halogens is 6. The van der Waals surface area contributed by atoms with Crippen molar-refractivity contribution in [3.05, 3.63) is 106 Å². The smallest absolute Gasteiger partial charge is 0.870 e. The number of amides is 2. The van der Waals surface area contributed by atoms with Gasteiger partial charge in [0.1, 0.15) is 11.1 Å². The number of ether oxygens (including phenoxy) is 5. The molecule has 0 heterocycles. The molecule has 13 nitrogen and oxygen atoms in total. The van der Waals surface area contributed by atoms with Crippen molar-refractivity contribution >= 4 is 35.1 Å². The van der Waals surface area contributed by atoms with Gasteiger partial charge in [-0.1, -0.05) is 0 Å². The third-order valence-corrected chi connectivity index (χ3v) is 7.63. The maximum absolute atomic E-state index is 13.7. The molecule has 0 aliphatic carbocycles. The van der Waals surface area contributed by atoms with Crippen molar-refractivity contribution in [1.82, 2.24) is 0 Å². The van der Waals surface area contributed by atoms with E-state index in [9.17, 15) is 45.5 Å². The Morgan fingerprint density at radius 3 is 1.11 bits per heavy atom. The predicted molar refractivity (Wildman–Crippen MR) is 215 cm³/mol. The van der Waals surface area contributed by atoms with Gasteiger partial charge in [0.15, 0.2) is 23.0 Å². The van der Waals surface area contributed by atoms with E-state index in [4.69, 9.17) is 24.1 Å². The standard InChI is InChI=1S/C22H24F3NO5.C21H22F3NO5.Li.H2O/c1-12(2)30-18-11-15(10-17(22(23,24)25)19(18)31-13(3)4)20(27)26-16-8-6-14(7-9-16)21(28)29-5;1-11(2)29-17-10-14(9-16(21(22,23)24)18(17)30-12(3)4)19(26)25-15-7-5-13(6-8-15)20(27)28;;/h6-13H,1-5H3,(H,26,27);5-12H,1-4H3,(H,25,26)(H,27,28);;1H2/q;;+1;/p-1. The summed E-state index contributed by atoms with van der Waals surface area (Å²) in [5.74, 6) is -4.59. The van der Waals surface area contributed by atoms with Crippen LogP contribution < -0.4 is 48.4 Å². The van der Waals surface area contributed by atoms with Crippen molar-refractivity contribution < 1.29 is 98.6 Å². The van der Waals surface area contributed by atoms with Gasteiger partial charge in [-0.05, 0) is 128 Å². The summed E-state index contributed by atoms with van der Waals surface area (Å²) in [5, 5.41) is 13.9. The van der Waals surface area contributed by atoms with Crippen molar-refractivity contribution in [3.63, 3.8) is 0 Å². The molecular weight excluding hydrogens is 841 g/mol. The molecule has 0 radical (unpaired) electrons. The average Bonchev–Trinajstić information content (AvgIpc) is 3.14. The maximum Gasteiger partial charge on any atom is 1.00 e. The van der Waals surface area contributed by atoms with Gasteiger partial charge < -0.3 is 44.9 Å². The number of carbonyl (C=O) groups is 4. The van der Waals surface area contributed by atoms with E-state index in [2.05, 4.69) is 15.4 Å². The first-order chi connectivity index (χ1) is 28.3. The average molecular weight is 889 g/mol. The first-order valence-corrected chi connectivity index (χ1v) is 18.6. The fourth-order valence-electron chi connectivity index (χ4n) is 5.20. The Balaban J connectivity index is 0.000000611. The second-order valence-electron chi connectivity index (χ2n) is 14.2. The summed E-state index contributed by atoms with van der Waals surface area (Å²) in [7, 11) is 1.24. The number of anilines is 2. The summed E-state index contributed by atoms with van der Waals surface area (Å²) in [6.45, 7) is 13.0. The van der Waals surface area contributed by atoms with E-state index in [1.807, 2.05) is 0 Å². The zero-order valence-corrected chi connectivity index (χ0v) is 36.1. The first-order valence-electron chi connectivity index (χ1n) is 18.6. The second kappa shape index (κ2) is 23.5. The molecule has 63 heavy (non-hydrogen) atoms. The minimum absolute atomic E-state index is 0. The quantitative estimate of drug-likeness (QED) is 0.0651. The number of hydrogen-bond acceptors (Lipinski definition) is 10. The van der Waals surface area contributed by atoms with Gasteiger partial charge in [-0.3, -0.25) is 9.59 Å². The Bertz CT molecular complexity index is 2180. The molecule has 0 saturated heterocycles. The number of benzene rings is 4. The Kier molecular flexibility index (Phi) is 20.6. The summed E-state index contributed by atoms with van der Waals surface area (Å²) in [4.78, 5) is 47.7. The van der Waals surface area contributed by atoms with E-state index in [0.717, 1.165) is 6.07 Å². The van der Waals surface area contributed by atoms with Crippen molar-refractivity contribution in [1.29, 1.82) is 0 Å².